The van der Waals surface area contributed by atoms with Crippen LogP contribution in [0.1, 0.15) is 31.2 Å². The zero-order valence-electron chi connectivity index (χ0n) is 16.5. The van der Waals surface area contributed by atoms with Gasteiger partial charge in [-0.15, -0.1) is 0 Å². The predicted molar refractivity (Wildman–Crippen MR) is 107 cm³/mol. The van der Waals surface area contributed by atoms with Crippen LogP contribution in [-0.4, -0.2) is 42.0 Å². The number of aliphatic hydroxyl groups is 1. The van der Waals surface area contributed by atoms with E-state index in [1.807, 2.05) is 6.92 Å². The third-order valence-corrected chi connectivity index (χ3v) is 4.66. The van der Waals surface area contributed by atoms with Gasteiger partial charge in [0.1, 0.15) is 5.76 Å². The van der Waals surface area contributed by atoms with Gasteiger partial charge in [-0.25, -0.2) is 0 Å². The lowest BCUT2D eigenvalue weighted by atomic mass is 9.95. The van der Waals surface area contributed by atoms with Crippen molar-refractivity contribution >= 4 is 17.8 Å². The molecule has 1 aromatic heterocycles. The van der Waals surface area contributed by atoms with Crippen LogP contribution in [0.15, 0.2) is 58.4 Å². The number of carbonyl (C=O) groups excluding carboxylic acids is 2. The summed E-state index contributed by atoms with van der Waals surface area (Å²) >= 11 is 0. The van der Waals surface area contributed by atoms with Crippen molar-refractivity contribution in [1.29, 1.82) is 0 Å². The van der Waals surface area contributed by atoms with Gasteiger partial charge in [-0.3, -0.25) is 9.59 Å². The molecule has 1 atom stereocenters. The van der Waals surface area contributed by atoms with E-state index < -0.39 is 23.5 Å². The minimum Gasteiger partial charge on any atom is -0.503 e. The minimum absolute atomic E-state index is 0.0193. The van der Waals surface area contributed by atoms with E-state index in [-0.39, 0.29) is 5.57 Å². The lowest BCUT2D eigenvalue weighted by molar-refractivity contribution is -0.129. The quantitative estimate of drug-likeness (QED) is 0.684. The Bertz CT molecular complexity index is 958. The van der Waals surface area contributed by atoms with Crippen LogP contribution in [-0.2, 0) is 9.59 Å². The maximum absolute atomic E-state index is 12.9. The number of ketones is 1. The maximum atomic E-state index is 12.9. The Morgan fingerprint density at radius 3 is 2.69 bits per heavy atom. The Kier molecular flexibility index (Phi) is 6.07. The maximum Gasteiger partial charge on any atom is 0.290 e. The molecule has 0 fully saturated rings. The van der Waals surface area contributed by atoms with Gasteiger partial charge in [-0.05, 0) is 55.8 Å². The predicted octanol–water partition coefficient (Wildman–Crippen LogP) is 3.68. The van der Waals surface area contributed by atoms with Gasteiger partial charge >= 0.3 is 0 Å². The third kappa shape index (κ3) is 3.89. The van der Waals surface area contributed by atoms with E-state index in [1.165, 1.54) is 30.4 Å². The van der Waals surface area contributed by atoms with Crippen LogP contribution in [0.4, 0.5) is 0 Å². The first-order chi connectivity index (χ1) is 14.0. The first kappa shape index (κ1) is 20.3. The van der Waals surface area contributed by atoms with Gasteiger partial charge in [0.2, 0.25) is 0 Å². The van der Waals surface area contributed by atoms with Gasteiger partial charge in [-0.1, -0.05) is 6.07 Å². The number of likely N-dealkylation sites (N-methyl/N-ethyl adjacent to an activating group) is 1. The van der Waals surface area contributed by atoms with Crippen molar-refractivity contribution in [2.45, 2.75) is 19.9 Å². The molecule has 0 bridgehead atoms. The largest absolute Gasteiger partial charge is 0.503 e. The second-order valence-corrected chi connectivity index (χ2v) is 6.31. The fourth-order valence-electron chi connectivity index (χ4n) is 3.34. The summed E-state index contributed by atoms with van der Waals surface area (Å²) in [5.74, 6) is -0.0589. The van der Waals surface area contributed by atoms with Crippen LogP contribution in [0.25, 0.3) is 6.08 Å². The van der Waals surface area contributed by atoms with E-state index in [0.29, 0.717) is 36.0 Å². The molecule has 1 N–H and O–H groups in total. The Hall–Kier alpha value is -3.48. The molecule has 3 rings (SSSR count). The average Bonchev–Trinajstić information content (AvgIpc) is 3.33. The fraction of sp³-hybridized carbons (Fsp3) is 0.273. The molecular formula is C22H23NO6. The molecule has 1 aliphatic heterocycles. The van der Waals surface area contributed by atoms with Crippen molar-refractivity contribution in [2.24, 2.45) is 0 Å². The Morgan fingerprint density at radius 2 is 2.07 bits per heavy atom. The van der Waals surface area contributed by atoms with Gasteiger partial charge in [0, 0.05) is 6.54 Å². The number of nitrogens with zero attached hydrogens (tertiary/aromatic N) is 1. The van der Waals surface area contributed by atoms with Gasteiger partial charge in [0.15, 0.2) is 23.0 Å². The van der Waals surface area contributed by atoms with Gasteiger partial charge in [0.25, 0.3) is 5.91 Å². The molecule has 2 aromatic rings. The van der Waals surface area contributed by atoms with Crippen LogP contribution >= 0.6 is 0 Å². The van der Waals surface area contributed by atoms with E-state index in [0.717, 1.165) is 0 Å². The molecular weight excluding hydrogens is 374 g/mol. The number of hydrogen-bond acceptors (Lipinski definition) is 6. The summed E-state index contributed by atoms with van der Waals surface area (Å²) in [6.07, 6.45) is 4.28. The smallest absolute Gasteiger partial charge is 0.290 e. The molecule has 0 radical (unpaired) electrons. The molecule has 0 spiro atoms. The van der Waals surface area contributed by atoms with E-state index in [2.05, 4.69) is 0 Å². The molecule has 7 heteroatoms. The first-order valence-corrected chi connectivity index (χ1v) is 9.32. The zero-order chi connectivity index (χ0) is 21.0. The summed E-state index contributed by atoms with van der Waals surface area (Å²) in [6, 6.07) is 7.88. The average molecular weight is 397 g/mol. The van der Waals surface area contributed by atoms with Crippen molar-refractivity contribution in [2.75, 3.05) is 20.3 Å². The van der Waals surface area contributed by atoms with E-state index in [1.54, 1.807) is 37.3 Å². The van der Waals surface area contributed by atoms with Crippen molar-refractivity contribution < 1.29 is 28.6 Å². The summed E-state index contributed by atoms with van der Waals surface area (Å²) in [5.41, 5.74) is 0.658. The van der Waals surface area contributed by atoms with Crippen molar-refractivity contribution in [3.63, 3.8) is 0 Å². The zero-order valence-corrected chi connectivity index (χ0v) is 16.5. The normalized spacial score (nSPS) is 16.7. The monoisotopic (exact) mass is 397 g/mol. The molecule has 152 valence electrons. The van der Waals surface area contributed by atoms with Crippen LogP contribution in [0, 0.1) is 0 Å². The van der Waals surface area contributed by atoms with Crippen molar-refractivity contribution in [3.8, 4) is 11.5 Å². The molecule has 29 heavy (non-hydrogen) atoms. The number of benzene rings is 1. The van der Waals surface area contributed by atoms with Crippen molar-refractivity contribution in [1.82, 2.24) is 4.90 Å². The standard InChI is InChI=1S/C22H23NO6/c1-4-23-20(14-8-11-17(28-5-2)18(13-14)27-3)19(21(25)22(23)26)16(24)10-9-15-7-6-12-29-15/h6-13,20,25H,4-5H2,1-3H3/b10-9+. The van der Waals surface area contributed by atoms with E-state index in [9.17, 15) is 14.7 Å². The summed E-state index contributed by atoms with van der Waals surface area (Å²) in [5, 5.41) is 10.4. The molecule has 2 heterocycles. The highest BCUT2D eigenvalue weighted by Gasteiger charge is 2.42. The Morgan fingerprint density at radius 1 is 1.28 bits per heavy atom. The number of allylic oxidation sites excluding steroid dienone is 1. The SMILES string of the molecule is CCOc1ccc(C2C(C(=O)/C=C/c3ccco3)=C(O)C(=O)N2CC)cc1OC. The highest BCUT2D eigenvalue weighted by molar-refractivity contribution is 6.14. The lowest BCUT2D eigenvalue weighted by Crippen LogP contribution is -2.30. The molecule has 1 unspecified atom stereocenters. The summed E-state index contributed by atoms with van der Waals surface area (Å²) < 4.78 is 16.1. The second kappa shape index (κ2) is 8.68. The molecule has 7 nitrogen and oxygen atoms in total. The van der Waals surface area contributed by atoms with Gasteiger partial charge in [-0.2, -0.15) is 0 Å². The summed E-state index contributed by atoms with van der Waals surface area (Å²) in [4.78, 5) is 26.9. The fourth-order valence-corrected chi connectivity index (χ4v) is 3.34. The third-order valence-electron chi connectivity index (χ3n) is 4.66. The Balaban J connectivity index is 2.02. The number of methoxy groups -OCH3 is 1. The minimum atomic E-state index is -0.731. The highest BCUT2D eigenvalue weighted by Crippen LogP contribution is 2.40. The number of hydrogen-bond donors (Lipinski definition) is 1. The number of carbonyl (C=O) groups is 2. The van der Waals surface area contributed by atoms with Crippen LogP contribution in [0.5, 0.6) is 11.5 Å². The van der Waals surface area contributed by atoms with Crippen LogP contribution in [0.2, 0.25) is 0 Å². The number of ether oxygens (including phenoxy) is 2. The molecule has 1 aromatic carbocycles. The molecule has 1 aliphatic rings. The topological polar surface area (TPSA) is 89.2 Å². The van der Waals surface area contributed by atoms with Crippen LogP contribution in [0.3, 0.4) is 0 Å². The highest BCUT2D eigenvalue weighted by atomic mass is 16.5. The number of aliphatic hydroxyl groups excluding tert-OH is 1. The molecule has 0 saturated carbocycles. The van der Waals surface area contributed by atoms with Gasteiger partial charge in [0.05, 0.1) is 31.6 Å². The van der Waals surface area contributed by atoms with E-state index in [4.69, 9.17) is 13.9 Å². The molecule has 1 amide bonds. The molecule has 0 saturated heterocycles. The van der Waals surface area contributed by atoms with Gasteiger partial charge < -0.3 is 23.9 Å². The molecule has 0 aliphatic carbocycles. The first-order valence-electron chi connectivity index (χ1n) is 9.32. The van der Waals surface area contributed by atoms with Crippen LogP contribution < -0.4 is 9.47 Å². The van der Waals surface area contributed by atoms with E-state index >= 15 is 0 Å². The number of rotatable bonds is 8. The van der Waals surface area contributed by atoms with Crippen molar-refractivity contribution in [3.05, 3.63) is 65.3 Å². The lowest BCUT2D eigenvalue weighted by Gasteiger charge is -2.25. The second-order valence-electron chi connectivity index (χ2n) is 6.31. The summed E-state index contributed by atoms with van der Waals surface area (Å²) in [6.45, 7) is 4.45. The Labute approximate surface area is 168 Å². The number of furan rings is 1. The number of amides is 1. The summed E-state index contributed by atoms with van der Waals surface area (Å²) in [7, 11) is 1.52.